The van der Waals surface area contributed by atoms with Crippen molar-refractivity contribution < 1.29 is 4.74 Å². The van der Waals surface area contributed by atoms with Gasteiger partial charge in [-0.3, -0.25) is 0 Å². The van der Waals surface area contributed by atoms with Crippen LogP contribution in [0.15, 0.2) is 54.1 Å². The third-order valence-corrected chi connectivity index (χ3v) is 9.72. The van der Waals surface area contributed by atoms with E-state index in [0.717, 1.165) is 34.5 Å². The first-order valence-electron chi connectivity index (χ1n) is 11.8. The van der Waals surface area contributed by atoms with E-state index in [1.165, 1.54) is 42.9 Å². The minimum atomic E-state index is -1.53. The Labute approximate surface area is 185 Å². The summed E-state index contributed by atoms with van der Waals surface area (Å²) in [6.45, 7) is 7.12. The van der Waals surface area contributed by atoms with Crippen molar-refractivity contribution in [3.8, 4) is 5.75 Å². The molecule has 0 spiro atoms. The fourth-order valence-corrected chi connectivity index (χ4v) is 8.05. The minimum absolute atomic E-state index is 0.634. The smallest absolute Gasteiger partial charge is 0.222 e. The van der Waals surface area contributed by atoms with E-state index in [2.05, 4.69) is 37.8 Å². The summed E-state index contributed by atoms with van der Waals surface area (Å²) in [6.07, 6.45) is 6.71. The predicted octanol–water partition coefficient (Wildman–Crippen LogP) is 5.68. The highest BCUT2D eigenvalue weighted by Gasteiger charge is 2.47. The molecule has 0 radical (unpaired) electrons. The molecule has 4 fully saturated rings. The number of hydrogen-bond acceptors (Lipinski definition) is 3. The number of allylic oxidation sites excluding steroid dienone is 1. The van der Waals surface area contributed by atoms with Crippen LogP contribution >= 0.6 is 0 Å². The first-order chi connectivity index (χ1) is 15.0. The van der Waals surface area contributed by atoms with Crippen molar-refractivity contribution in [1.29, 1.82) is 0 Å². The maximum Gasteiger partial charge on any atom is 0.222 e. The Morgan fingerprint density at radius 3 is 2.19 bits per heavy atom. The minimum Gasteiger partial charge on any atom is -0.439 e. The first kappa shape index (κ1) is 19.3. The zero-order valence-electron chi connectivity index (χ0n) is 18.7. The third kappa shape index (κ3) is 3.25. The second-order valence-electron chi connectivity index (χ2n) is 10.9. The fourth-order valence-electron chi connectivity index (χ4n) is 6.57. The molecule has 0 unspecified atom stereocenters. The van der Waals surface area contributed by atoms with E-state index >= 15 is 0 Å². The molecule has 7 rings (SSSR count). The van der Waals surface area contributed by atoms with Gasteiger partial charge in [-0.15, -0.1) is 5.10 Å². The van der Waals surface area contributed by atoms with Gasteiger partial charge in [-0.05, 0) is 84.7 Å². The Morgan fingerprint density at radius 1 is 0.871 bits per heavy atom. The van der Waals surface area contributed by atoms with Gasteiger partial charge in [0.05, 0.1) is 13.6 Å². The molecule has 4 aliphatic carbocycles. The molecule has 0 saturated heterocycles. The Balaban J connectivity index is 1.54. The summed E-state index contributed by atoms with van der Waals surface area (Å²) in [4.78, 5) is 0. The molecule has 31 heavy (non-hydrogen) atoms. The van der Waals surface area contributed by atoms with Crippen LogP contribution in [0.25, 0.3) is 16.9 Å². The van der Waals surface area contributed by atoms with Crippen LogP contribution < -0.4 is 9.92 Å². The van der Waals surface area contributed by atoms with Gasteiger partial charge in [0.1, 0.15) is 11.3 Å². The number of rotatable bonds is 4. The van der Waals surface area contributed by atoms with Gasteiger partial charge in [-0.1, -0.05) is 55.2 Å². The number of ether oxygens (including phenoxy) is 1. The summed E-state index contributed by atoms with van der Waals surface area (Å²) in [6, 6.07) is 16.8. The van der Waals surface area contributed by atoms with Crippen LogP contribution in [0.3, 0.4) is 0 Å². The van der Waals surface area contributed by atoms with Crippen LogP contribution in [0.5, 0.6) is 5.75 Å². The molecule has 1 heterocycles. The van der Waals surface area contributed by atoms with Crippen molar-refractivity contribution in [2.45, 2.75) is 51.7 Å². The summed E-state index contributed by atoms with van der Waals surface area (Å²) in [5, 5.41) is 10.8. The van der Waals surface area contributed by atoms with Gasteiger partial charge in [0.25, 0.3) is 0 Å². The molecule has 5 heteroatoms. The Morgan fingerprint density at radius 2 is 1.55 bits per heavy atom. The maximum atomic E-state index is 6.67. The summed E-state index contributed by atoms with van der Waals surface area (Å²) >= 11 is 0. The van der Waals surface area contributed by atoms with Crippen LogP contribution in [0.4, 0.5) is 0 Å². The third-order valence-electron chi connectivity index (χ3n) is 7.70. The monoisotopic (exact) mass is 429 g/mol. The molecule has 4 aliphatic rings. The summed E-state index contributed by atoms with van der Waals surface area (Å²) < 4.78 is 8.69. The van der Waals surface area contributed by atoms with E-state index in [1.807, 2.05) is 35.0 Å². The highest BCUT2D eigenvalue weighted by Crippen LogP contribution is 2.57. The molecule has 4 nitrogen and oxygen atoms in total. The van der Waals surface area contributed by atoms with Crippen molar-refractivity contribution in [3.05, 3.63) is 54.1 Å². The lowest BCUT2D eigenvalue weighted by Crippen LogP contribution is -2.41. The highest BCUT2D eigenvalue weighted by molar-refractivity contribution is 6.90. The van der Waals surface area contributed by atoms with Gasteiger partial charge in [-0.25, -0.2) is 0 Å². The zero-order chi connectivity index (χ0) is 21.2. The number of hydrogen-bond donors (Lipinski definition) is 0. The number of aromatic nitrogens is 3. The number of nitrogens with zero attached hydrogens (tertiary/aromatic N) is 3. The largest absolute Gasteiger partial charge is 0.439 e. The van der Waals surface area contributed by atoms with Crippen LogP contribution in [-0.4, -0.2) is 23.1 Å². The van der Waals surface area contributed by atoms with E-state index in [1.54, 1.807) is 0 Å². The molecule has 3 aromatic rings. The molecule has 2 aromatic carbocycles. The Hall–Kier alpha value is -2.40. The highest BCUT2D eigenvalue weighted by atomic mass is 28.3. The molecule has 0 N–H and O–H groups in total. The molecular weight excluding hydrogens is 398 g/mol. The van der Waals surface area contributed by atoms with E-state index in [-0.39, 0.29) is 0 Å². The van der Waals surface area contributed by atoms with Crippen molar-refractivity contribution >= 4 is 30.2 Å². The molecule has 0 aliphatic heterocycles. The lowest BCUT2D eigenvalue weighted by Gasteiger charge is -2.51. The Kier molecular flexibility index (Phi) is 4.39. The van der Waals surface area contributed by atoms with Gasteiger partial charge < -0.3 is 4.74 Å². The van der Waals surface area contributed by atoms with E-state index < -0.39 is 8.07 Å². The maximum absolute atomic E-state index is 6.67. The predicted molar refractivity (Wildman–Crippen MR) is 128 cm³/mol. The summed E-state index contributed by atoms with van der Waals surface area (Å²) in [5.41, 5.74) is 3.62. The average Bonchev–Trinajstić information content (AvgIpc) is 3.16. The van der Waals surface area contributed by atoms with E-state index in [9.17, 15) is 0 Å². The van der Waals surface area contributed by atoms with Crippen molar-refractivity contribution in [2.75, 3.05) is 0 Å². The average molecular weight is 430 g/mol. The number of para-hydroxylation sites is 1. The SMILES string of the molecule is C[Si](C)(C)c1cccc2c1nnn2C(Oc1ccccc1)=C1C2CC3CC(C2)CC1C3. The molecule has 1 aromatic heterocycles. The fraction of sp³-hybridized carbons (Fsp3) is 0.462. The standard InChI is InChI=1S/C26H31N3OSi/c1-31(2,3)23-11-7-10-22-25(23)27-28-29(22)26(30-21-8-5-4-6-9-21)24-19-13-17-12-18(15-19)16-20(24)14-17/h4-11,17-20H,12-16H2,1-3H3. The second-order valence-corrected chi connectivity index (χ2v) is 15.9. The second kappa shape index (κ2) is 7.06. The molecular formula is C26H31N3OSi. The first-order valence-corrected chi connectivity index (χ1v) is 15.3. The molecule has 4 bridgehead atoms. The van der Waals surface area contributed by atoms with Crippen LogP contribution in [0.1, 0.15) is 32.1 Å². The van der Waals surface area contributed by atoms with Crippen molar-refractivity contribution in [2.24, 2.45) is 23.7 Å². The lowest BCUT2D eigenvalue weighted by atomic mass is 9.54. The molecule has 4 saturated carbocycles. The van der Waals surface area contributed by atoms with Crippen LogP contribution in [0, 0.1) is 23.7 Å². The molecule has 160 valence electrons. The molecule has 0 atom stereocenters. The zero-order valence-corrected chi connectivity index (χ0v) is 19.7. The normalized spacial score (nSPS) is 27.1. The topological polar surface area (TPSA) is 39.9 Å². The summed E-state index contributed by atoms with van der Waals surface area (Å²) in [7, 11) is -1.53. The summed E-state index contributed by atoms with van der Waals surface area (Å²) in [5.74, 6) is 4.90. The van der Waals surface area contributed by atoms with Gasteiger partial charge in [0.15, 0.2) is 0 Å². The molecule has 0 amide bonds. The van der Waals surface area contributed by atoms with E-state index in [4.69, 9.17) is 15.0 Å². The van der Waals surface area contributed by atoms with Gasteiger partial charge in [-0.2, -0.15) is 4.68 Å². The number of fused-ring (bicyclic) bond motifs is 1. The van der Waals surface area contributed by atoms with E-state index in [0.29, 0.717) is 11.8 Å². The van der Waals surface area contributed by atoms with Gasteiger partial charge in [0, 0.05) is 0 Å². The van der Waals surface area contributed by atoms with Gasteiger partial charge >= 0.3 is 0 Å². The van der Waals surface area contributed by atoms with Gasteiger partial charge in [0.2, 0.25) is 5.88 Å². The Bertz CT molecular complexity index is 1130. The van der Waals surface area contributed by atoms with Crippen LogP contribution in [-0.2, 0) is 0 Å². The number of benzene rings is 2. The van der Waals surface area contributed by atoms with Crippen molar-refractivity contribution in [1.82, 2.24) is 15.0 Å². The quantitative estimate of drug-likeness (QED) is 0.396. The van der Waals surface area contributed by atoms with Crippen molar-refractivity contribution in [3.63, 3.8) is 0 Å². The lowest BCUT2D eigenvalue weighted by molar-refractivity contribution is 0.0676. The van der Waals surface area contributed by atoms with Crippen LogP contribution in [0.2, 0.25) is 19.6 Å².